The Hall–Kier alpha value is -2.86. The molecule has 1 N–H and O–H groups in total. The summed E-state index contributed by atoms with van der Waals surface area (Å²) >= 11 is 1.10. The summed E-state index contributed by atoms with van der Waals surface area (Å²) in [6.07, 6.45) is 4.84. The SMILES string of the molecule is CC(=O)c1ncc(C(=O)N[C@@H](c2ccncc2)c2ccc(C)cc2)s1. The summed E-state index contributed by atoms with van der Waals surface area (Å²) in [5, 5.41) is 3.36. The largest absolute Gasteiger partial charge is 0.340 e. The molecule has 1 atom stereocenters. The van der Waals surface area contributed by atoms with Crippen molar-refractivity contribution in [3.63, 3.8) is 0 Å². The monoisotopic (exact) mass is 351 g/mol. The number of carbonyl (C=O) groups excluding carboxylic acids is 2. The van der Waals surface area contributed by atoms with E-state index in [4.69, 9.17) is 0 Å². The molecule has 3 rings (SSSR count). The van der Waals surface area contributed by atoms with Crippen molar-refractivity contribution in [2.24, 2.45) is 0 Å². The van der Waals surface area contributed by atoms with Crippen molar-refractivity contribution in [1.82, 2.24) is 15.3 Å². The van der Waals surface area contributed by atoms with E-state index >= 15 is 0 Å². The van der Waals surface area contributed by atoms with Gasteiger partial charge in [0, 0.05) is 19.3 Å². The zero-order chi connectivity index (χ0) is 17.8. The number of carbonyl (C=O) groups is 2. The van der Waals surface area contributed by atoms with E-state index in [-0.39, 0.29) is 17.7 Å². The van der Waals surface area contributed by atoms with E-state index in [9.17, 15) is 9.59 Å². The summed E-state index contributed by atoms with van der Waals surface area (Å²) < 4.78 is 0. The first-order valence-electron chi connectivity index (χ1n) is 7.78. The maximum absolute atomic E-state index is 12.6. The predicted molar refractivity (Wildman–Crippen MR) is 96.8 cm³/mol. The van der Waals surface area contributed by atoms with Gasteiger partial charge < -0.3 is 5.32 Å². The van der Waals surface area contributed by atoms with Crippen molar-refractivity contribution >= 4 is 23.0 Å². The number of hydrogen-bond acceptors (Lipinski definition) is 5. The van der Waals surface area contributed by atoms with Crippen LogP contribution in [0.1, 0.15) is 49.1 Å². The number of nitrogens with one attached hydrogen (secondary N) is 1. The van der Waals surface area contributed by atoms with E-state index in [1.807, 2.05) is 43.3 Å². The summed E-state index contributed by atoms with van der Waals surface area (Å²) in [4.78, 5) is 32.5. The summed E-state index contributed by atoms with van der Waals surface area (Å²) in [6, 6.07) is 11.4. The molecule has 0 fully saturated rings. The maximum atomic E-state index is 12.6. The van der Waals surface area contributed by atoms with E-state index < -0.39 is 0 Å². The van der Waals surface area contributed by atoms with Gasteiger partial charge in [-0.05, 0) is 30.2 Å². The number of pyridine rings is 1. The van der Waals surface area contributed by atoms with Crippen LogP contribution >= 0.6 is 11.3 Å². The first kappa shape index (κ1) is 17.0. The smallest absolute Gasteiger partial charge is 0.263 e. The van der Waals surface area contributed by atoms with Crippen LogP contribution in [-0.4, -0.2) is 21.7 Å². The molecule has 0 bridgehead atoms. The molecule has 0 aliphatic heterocycles. The molecule has 3 aromatic rings. The fourth-order valence-corrected chi connectivity index (χ4v) is 3.13. The lowest BCUT2D eigenvalue weighted by molar-refractivity contribution is 0.0946. The number of amides is 1. The molecule has 126 valence electrons. The quantitative estimate of drug-likeness (QED) is 0.713. The Balaban J connectivity index is 1.90. The minimum Gasteiger partial charge on any atom is -0.340 e. The van der Waals surface area contributed by atoms with E-state index in [2.05, 4.69) is 15.3 Å². The Bertz CT molecular complexity index is 889. The van der Waals surface area contributed by atoms with Gasteiger partial charge in [-0.3, -0.25) is 14.6 Å². The van der Waals surface area contributed by atoms with Crippen molar-refractivity contribution < 1.29 is 9.59 Å². The third kappa shape index (κ3) is 3.97. The molecule has 0 saturated heterocycles. The normalized spacial score (nSPS) is 11.8. The summed E-state index contributed by atoms with van der Waals surface area (Å²) in [6.45, 7) is 3.46. The van der Waals surface area contributed by atoms with Gasteiger partial charge in [0.2, 0.25) is 0 Å². The fraction of sp³-hybridized carbons (Fsp3) is 0.158. The summed E-state index contributed by atoms with van der Waals surface area (Å²) in [7, 11) is 0. The highest BCUT2D eigenvalue weighted by Gasteiger charge is 2.20. The van der Waals surface area contributed by atoms with Gasteiger partial charge in [-0.25, -0.2) is 4.98 Å². The van der Waals surface area contributed by atoms with Crippen molar-refractivity contribution in [1.29, 1.82) is 0 Å². The first-order chi connectivity index (χ1) is 12.0. The maximum Gasteiger partial charge on any atom is 0.263 e. The highest BCUT2D eigenvalue weighted by Crippen LogP contribution is 2.23. The topological polar surface area (TPSA) is 72.0 Å². The molecule has 1 aromatic carbocycles. The number of aromatic nitrogens is 2. The second-order valence-corrected chi connectivity index (χ2v) is 6.71. The van der Waals surface area contributed by atoms with Crippen LogP contribution in [0.15, 0.2) is 55.0 Å². The lowest BCUT2D eigenvalue weighted by atomic mass is 9.98. The number of aryl methyl sites for hydroxylation is 1. The Labute approximate surface area is 149 Å². The summed E-state index contributed by atoms with van der Waals surface area (Å²) in [5.41, 5.74) is 3.06. The second kappa shape index (κ2) is 7.36. The Morgan fingerprint density at radius 1 is 1.04 bits per heavy atom. The van der Waals surface area contributed by atoms with Crippen LogP contribution in [0.4, 0.5) is 0 Å². The fourth-order valence-electron chi connectivity index (χ4n) is 2.42. The molecule has 0 spiro atoms. The summed E-state index contributed by atoms with van der Waals surface area (Å²) in [5.74, 6) is -0.402. The van der Waals surface area contributed by atoms with Crippen LogP contribution in [0.25, 0.3) is 0 Å². The van der Waals surface area contributed by atoms with Crippen LogP contribution in [0, 0.1) is 6.92 Å². The lowest BCUT2D eigenvalue weighted by Crippen LogP contribution is -2.28. The lowest BCUT2D eigenvalue weighted by Gasteiger charge is -2.19. The molecular formula is C19H17N3O2S. The van der Waals surface area contributed by atoms with Gasteiger partial charge >= 0.3 is 0 Å². The molecule has 25 heavy (non-hydrogen) atoms. The van der Waals surface area contributed by atoms with E-state index in [0.29, 0.717) is 9.88 Å². The molecule has 6 heteroatoms. The highest BCUT2D eigenvalue weighted by molar-refractivity contribution is 7.15. The molecule has 0 radical (unpaired) electrons. The zero-order valence-electron chi connectivity index (χ0n) is 13.9. The van der Waals surface area contributed by atoms with Crippen LogP contribution in [0.2, 0.25) is 0 Å². The number of Topliss-reactive ketones (excluding diaryl/α,β-unsaturated/α-hetero) is 1. The van der Waals surface area contributed by atoms with Crippen LogP contribution in [-0.2, 0) is 0 Å². The van der Waals surface area contributed by atoms with Crippen LogP contribution < -0.4 is 5.32 Å². The number of thiazole rings is 1. The van der Waals surface area contributed by atoms with Gasteiger partial charge in [0.1, 0.15) is 4.88 Å². The zero-order valence-corrected chi connectivity index (χ0v) is 14.7. The third-order valence-electron chi connectivity index (χ3n) is 3.76. The Morgan fingerprint density at radius 3 is 2.28 bits per heavy atom. The highest BCUT2D eigenvalue weighted by atomic mass is 32.1. The van der Waals surface area contributed by atoms with Crippen LogP contribution in [0.5, 0.6) is 0 Å². The average molecular weight is 351 g/mol. The van der Waals surface area contributed by atoms with Gasteiger partial charge in [0.05, 0.1) is 12.2 Å². The molecule has 2 heterocycles. The first-order valence-corrected chi connectivity index (χ1v) is 8.60. The van der Waals surface area contributed by atoms with Crippen molar-refractivity contribution in [3.8, 4) is 0 Å². The van der Waals surface area contributed by atoms with Gasteiger partial charge in [-0.15, -0.1) is 11.3 Å². The third-order valence-corrected chi connectivity index (χ3v) is 4.85. The van der Waals surface area contributed by atoms with Crippen LogP contribution in [0.3, 0.4) is 0 Å². The standard InChI is InChI=1S/C19H17N3O2S/c1-12-3-5-14(6-4-12)17(15-7-9-20-10-8-15)22-18(24)16-11-21-19(25-16)13(2)23/h3-11,17H,1-2H3,(H,22,24)/t17-/m1/s1. The Morgan fingerprint density at radius 2 is 1.68 bits per heavy atom. The predicted octanol–water partition coefficient (Wildman–Crippen LogP) is 3.57. The molecule has 0 aliphatic carbocycles. The number of ketones is 1. The molecule has 2 aromatic heterocycles. The van der Waals surface area contributed by atoms with E-state index in [1.165, 1.54) is 13.1 Å². The number of rotatable bonds is 5. The van der Waals surface area contributed by atoms with Crippen molar-refractivity contribution in [2.75, 3.05) is 0 Å². The minimum atomic E-state index is -0.307. The van der Waals surface area contributed by atoms with Crippen molar-refractivity contribution in [3.05, 3.63) is 81.6 Å². The van der Waals surface area contributed by atoms with E-state index in [0.717, 1.165) is 28.0 Å². The van der Waals surface area contributed by atoms with Gasteiger partial charge in [0.25, 0.3) is 5.91 Å². The molecular weight excluding hydrogens is 334 g/mol. The molecule has 0 unspecified atom stereocenters. The Kier molecular flexibility index (Phi) is 5.00. The van der Waals surface area contributed by atoms with Gasteiger partial charge in [-0.2, -0.15) is 0 Å². The molecule has 1 amide bonds. The number of hydrogen-bond donors (Lipinski definition) is 1. The van der Waals surface area contributed by atoms with E-state index in [1.54, 1.807) is 12.4 Å². The minimum absolute atomic E-state index is 0.145. The molecule has 0 aliphatic rings. The molecule has 0 saturated carbocycles. The van der Waals surface area contributed by atoms with Crippen molar-refractivity contribution in [2.45, 2.75) is 19.9 Å². The number of benzene rings is 1. The molecule has 5 nitrogen and oxygen atoms in total. The van der Waals surface area contributed by atoms with Gasteiger partial charge in [0.15, 0.2) is 10.8 Å². The average Bonchev–Trinajstić information content (AvgIpc) is 3.12. The second-order valence-electron chi connectivity index (χ2n) is 5.68. The van der Waals surface area contributed by atoms with Gasteiger partial charge in [-0.1, -0.05) is 29.8 Å². The number of nitrogens with zero attached hydrogens (tertiary/aromatic N) is 2.